The van der Waals surface area contributed by atoms with E-state index in [9.17, 15) is 14.7 Å². The zero-order valence-electron chi connectivity index (χ0n) is 11.1. The van der Waals surface area contributed by atoms with E-state index in [-0.39, 0.29) is 17.9 Å². The number of likely N-dealkylation sites (tertiary alicyclic amines) is 1. The van der Waals surface area contributed by atoms with E-state index in [1.807, 2.05) is 4.90 Å². The molecule has 4 heteroatoms. The molecule has 18 heavy (non-hydrogen) atoms. The summed E-state index contributed by atoms with van der Waals surface area (Å²) in [5.41, 5.74) is 0. The lowest BCUT2D eigenvalue weighted by Gasteiger charge is -2.31. The molecule has 1 heterocycles. The Hall–Kier alpha value is -1.06. The van der Waals surface area contributed by atoms with Crippen LogP contribution in [-0.4, -0.2) is 34.5 Å². The Morgan fingerprint density at radius 1 is 1.00 bits per heavy atom. The molecule has 2 fully saturated rings. The van der Waals surface area contributed by atoms with Crippen LogP contribution >= 0.6 is 0 Å². The first-order valence-electron chi connectivity index (χ1n) is 7.14. The number of carboxylic acid groups (broad SMARTS) is 1. The molecular weight excluding hydrogens is 230 g/mol. The van der Waals surface area contributed by atoms with Gasteiger partial charge in [0.05, 0.1) is 11.8 Å². The maximum absolute atomic E-state index is 12.5. The third kappa shape index (κ3) is 2.68. The van der Waals surface area contributed by atoms with Gasteiger partial charge in [0.25, 0.3) is 0 Å². The van der Waals surface area contributed by atoms with Crippen LogP contribution < -0.4 is 0 Å². The minimum atomic E-state index is -0.798. The van der Waals surface area contributed by atoms with Crippen molar-refractivity contribution in [3.8, 4) is 0 Å². The number of aliphatic carboxylic acids is 1. The van der Waals surface area contributed by atoms with Gasteiger partial charge < -0.3 is 10.0 Å². The summed E-state index contributed by atoms with van der Waals surface area (Å²) in [7, 11) is 0. The molecule has 0 spiro atoms. The van der Waals surface area contributed by atoms with Crippen LogP contribution in [0, 0.1) is 11.8 Å². The van der Waals surface area contributed by atoms with Crippen LogP contribution in [0.5, 0.6) is 0 Å². The normalized spacial score (nSPS) is 33.2. The second-order valence-corrected chi connectivity index (χ2v) is 5.71. The molecule has 0 bridgehead atoms. The molecule has 0 radical (unpaired) electrons. The largest absolute Gasteiger partial charge is 0.481 e. The van der Waals surface area contributed by atoms with Crippen molar-refractivity contribution in [2.45, 2.75) is 57.9 Å². The summed E-state index contributed by atoms with van der Waals surface area (Å²) < 4.78 is 0. The number of carbonyl (C=O) groups excluding carboxylic acids is 1. The second kappa shape index (κ2) is 5.72. The van der Waals surface area contributed by atoms with Crippen LogP contribution in [-0.2, 0) is 9.59 Å². The highest BCUT2D eigenvalue weighted by Crippen LogP contribution is 2.34. The van der Waals surface area contributed by atoms with Gasteiger partial charge in [-0.3, -0.25) is 9.59 Å². The quantitative estimate of drug-likeness (QED) is 0.821. The highest BCUT2D eigenvalue weighted by atomic mass is 16.4. The van der Waals surface area contributed by atoms with E-state index < -0.39 is 11.9 Å². The van der Waals surface area contributed by atoms with Crippen LogP contribution in [0.4, 0.5) is 0 Å². The number of carbonyl (C=O) groups is 2. The SMILES string of the molecule is CC1CCCCCN1C(=O)C1CCCC1C(=O)O. The summed E-state index contributed by atoms with van der Waals surface area (Å²) >= 11 is 0. The number of amides is 1. The molecule has 3 atom stereocenters. The summed E-state index contributed by atoms with van der Waals surface area (Å²) in [5.74, 6) is -1.43. The Kier molecular flexibility index (Phi) is 4.25. The Balaban J connectivity index is 2.07. The van der Waals surface area contributed by atoms with Gasteiger partial charge in [0.1, 0.15) is 0 Å². The number of carboxylic acids is 1. The molecule has 1 aliphatic carbocycles. The summed E-state index contributed by atoms with van der Waals surface area (Å²) in [6, 6.07) is 0.273. The van der Waals surface area contributed by atoms with Gasteiger partial charge in [-0.1, -0.05) is 19.3 Å². The highest BCUT2D eigenvalue weighted by molar-refractivity contribution is 5.85. The fraction of sp³-hybridized carbons (Fsp3) is 0.857. The fourth-order valence-electron chi connectivity index (χ4n) is 3.37. The first-order chi connectivity index (χ1) is 8.61. The molecule has 0 aromatic heterocycles. The van der Waals surface area contributed by atoms with Crippen molar-refractivity contribution in [1.82, 2.24) is 4.90 Å². The van der Waals surface area contributed by atoms with Gasteiger partial charge >= 0.3 is 5.97 Å². The molecule has 2 aliphatic rings. The lowest BCUT2D eigenvalue weighted by Crippen LogP contribution is -2.43. The summed E-state index contributed by atoms with van der Waals surface area (Å²) in [4.78, 5) is 25.7. The first kappa shape index (κ1) is 13.4. The van der Waals surface area contributed by atoms with Gasteiger partial charge in [0.2, 0.25) is 5.91 Å². The third-order valence-electron chi connectivity index (χ3n) is 4.49. The Bertz CT molecular complexity index is 329. The summed E-state index contributed by atoms with van der Waals surface area (Å²) in [5, 5.41) is 9.18. The van der Waals surface area contributed by atoms with E-state index >= 15 is 0 Å². The molecule has 1 saturated carbocycles. The van der Waals surface area contributed by atoms with Gasteiger partial charge in [-0.15, -0.1) is 0 Å². The Morgan fingerprint density at radius 2 is 1.72 bits per heavy atom. The van der Waals surface area contributed by atoms with Gasteiger partial charge in [-0.25, -0.2) is 0 Å². The topological polar surface area (TPSA) is 57.6 Å². The predicted molar refractivity (Wildman–Crippen MR) is 68.1 cm³/mol. The van der Waals surface area contributed by atoms with E-state index in [4.69, 9.17) is 0 Å². The van der Waals surface area contributed by atoms with Crippen molar-refractivity contribution in [3.63, 3.8) is 0 Å². The van der Waals surface area contributed by atoms with Crippen molar-refractivity contribution in [2.24, 2.45) is 11.8 Å². The van der Waals surface area contributed by atoms with Crippen LogP contribution in [0.25, 0.3) is 0 Å². The van der Waals surface area contributed by atoms with Crippen molar-refractivity contribution in [2.75, 3.05) is 6.54 Å². The summed E-state index contributed by atoms with van der Waals surface area (Å²) in [6.07, 6.45) is 6.75. The monoisotopic (exact) mass is 253 g/mol. The summed E-state index contributed by atoms with van der Waals surface area (Å²) in [6.45, 7) is 2.90. The van der Waals surface area contributed by atoms with Crippen LogP contribution in [0.1, 0.15) is 51.9 Å². The van der Waals surface area contributed by atoms with Gasteiger partial charge in [0, 0.05) is 12.6 Å². The first-order valence-corrected chi connectivity index (χ1v) is 7.14. The Morgan fingerprint density at radius 3 is 2.44 bits per heavy atom. The van der Waals surface area contributed by atoms with E-state index in [1.165, 1.54) is 12.8 Å². The lowest BCUT2D eigenvalue weighted by molar-refractivity contribution is -0.150. The van der Waals surface area contributed by atoms with Crippen molar-refractivity contribution >= 4 is 11.9 Å². The molecule has 4 nitrogen and oxygen atoms in total. The number of hydrogen-bond acceptors (Lipinski definition) is 2. The maximum Gasteiger partial charge on any atom is 0.307 e. The standard InChI is InChI=1S/C14H23NO3/c1-10-6-3-2-4-9-15(10)13(16)11-7-5-8-12(11)14(17)18/h10-12H,2-9H2,1H3,(H,17,18). The minimum Gasteiger partial charge on any atom is -0.481 e. The van der Waals surface area contributed by atoms with Crippen LogP contribution in [0.15, 0.2) is 0 Å². The highest BCUT2D eigenvalue weighted by Gasteiger charge is 2.40. The molecule has 102 valence electrons. The Labute approximate surface area is 108 Å². The smallest absolute Gasteiger partial charge is 0.307 e. The van der Waals surface area contributed by atoms with Gasteiger partial charge in [-0.05, 0) is 32.6 Å². The average molecular weight is 253 g/mol. The molecule has 1 amide bonds. The van der Waals surface area contributed by atoms with E-state index in [2.05, 4.69) is 6.92 Å². The number of hydrogen-bond donors (Lipinski definition) is 1. The lowest BCUT2D eigenvalue weighted by atomic mass is 9.94. The maximum atomic E-state index is 12.5. The molecule has 1 aliphatic heterocycles. The van der Waals surface area contributed by atoms with E-state index in [0.717, 1.165) is 32.2 Å². The van der Waals surface area contributed by atoms with Crippen molar-refractivity contribution in [3.05, 3.63) is 0 Å². The van der Waals surface area contributed by atoms with E-state index in [1.54, 1.807) is 0 Å². The molecule has 0 aromatic rings. The van der Waals surface area contributed by atoms with Crippen molar-refractivity contribution < 1.29 is 14.7 Å². The molecule has 1 N–H and O–H groups in total. The van der Waals surface area contributed by atoms with Gasteiger partial charge in [0.15, 0.2) is 0 Å². The molecule has 0 aromatic carbocycles. The predicted octanol–water partition coefficient (Wildman–Crippen LogP) is 2.28. The molecule has 3 unspecified atom stereocenters. The van der Waals surface area contributed by atoms with Gasteiger partial charge in [-0.2, -0.15) is 0 Å². The molecule has 1 saturated heterocycles. The number of rotatable bonds is 2. The minimum absolute atomic E-state index is 0.0919. The van der Waals surface area contributed by atoms with Crippen molar-refractivity contribution in [1.29, 1.82) is 0 Å². The zero-order valence-corrected chi connectivity index (χ0v) is 11.1. The average Bonchev–Trinajstić information content (AvgIpc) is 2.72. The van der Waals surface area contributed by atoms with E-state index in [0.29, 0.717) is 6.42 Å². The zero-order chi connectivity index (χ0) is 13.1. The number of nitrogens with zero attached hydrogens (tertiary/aromatic N) is 1. The van der Waals surface area contributed by atoms with Crippen LogP contribution in [0.3, 0.4) is 0 Å². The fourth-order valence-corrected chi connectivity index (χ4v) is 3.37. The second-order valence-electron chi connectivity index (χ2n) is 5.71. The molecule has 2 rings (SSSR count). The third-order valence-corrected chi connectivity index (χ3v) is 4.49. The molecular formula is C14H23NO3. The van der Waals surface area contributed by atoms with Crippen LogP contribution in [0.2, 0.25) is 0 Å².